The zero-order valence-corrected chi connectivity index (χ0v) is 21.3. The Morgan fingerprint density at radius 3 is 1.78 bits per heavy atom. The molecule has 0 bridgehead atoms. The van der Waals surface area contributed by atoms with E-state index in [1.165, 1.54) is 18.7 Å². The van der Waals surface area contributed by atoms with Crippen LogP contribution in [0.5, 0.6) is 0 Å². The number of amides is 3. The van der Waals surface area contributed by atoms with E-state index in [-0.39, 0.29) is 17.7 Å². The first-order chi connectivity index (χ1) is 17.9. The van der Waals surface area contributed by atoms with Gasteiger partial charge in [0, 0.05) is 34.4 Å². The lowest BCUT2D eigenvalue weighted by atomic mass is 10.1. The molecule has 186 valence electrons. The van der Waals surface area contributed by atoms with Gasteiger partial charge in [0.05, 0.1) is 0 Å². The van der Waals surface area contributed by atoms with Crippen LogP contribution in [0.4, 0.5) is 17.1 Å². The van der Waals surface area contributed by atoms with Crippen LogP contribution < -0.4 is 16.0 Å². The van der Waals surface area contributed by atoms with Gasteiger partial charge in [-0.25, -0.2) is 0 Å². The Balaban J connectivity index is 1.46. The van der Waals surface area contributed by atoms with E-state index in [2.05, 4.69) is 16.0 Å². The van der Waals surface area contributed by atoms with Crippen molar-refractivity contribution in [3.8, 4) is 0 Å². The second-order valence-corrected chi connectivity index (χ2v) is 9.68. The number of hydrogen-bond acceptors (Lipinski definition) is 4. The second-order valence-electron chi connectivity index (χ2n) is 8.50. The third-order valence-corrected chi connectivity index (χ3v) is 6.76. The molecule has 0 saturated heterocycles. The Morgan fingerprint density at radius 1 is 0.649 bits per heavy atom. The summed E-state index contributed by atoms with van der Waals surface area (Å²) >= 11 is 1.42. The molecule has 0 heterocycles. The molecule has 4 rings (SSSR count). The fourth-order valence-electron chi connectivity index (χ4n) is 3.61. The van der Waals surface area contributed by atoms with Crippen LogP contribution in [0, 0.1) is 6.92 Å². The molecule has 4 aromatic rings. The highest BCUT2D eigenvalue weighted by Crippen LogP contribution is 2.36. The van der Waals surface area contributed by atoms with Gasteiger partial charge in [0.1, 0.15) is 5.25 Å². The Kier molecular flexibility index (Phi) is 8.38. The van der Waals surface area contributed by atoms with Crippen LogP contribution in [0.1, 0.15) is 33.7 Å². The minimum absolute atomic E-state index is 0.155. The maximum Gasteiger partial charge on any atom is 0.255 e. The Hall–Kier alpha value is -4.36. The molecule has 3 N–H and O–H groups in total. The predicted molar refractivity (Wildman–Crippen MR) is 150 cm³/mol. The molecule has 37 heavy (non-hydrogen) atoms. The normalized spacial score (nSPS) is 11.3. The maximum atomic E-state index is 13.3. The minimum atomic E-state index is -0.496. The van der Waals surface area contributed by atoms with Gasteiger partial charge in [-0.1, -0.05) is 48.0 Å². The van der Waals surface area contributed by atoms with Crippen LogP contribution in [-0.2, 0) is 9.59 Å². The average Bonchev–Trinajstić information content (AvgIpc) is 2.90. The number of nitrogens with one attached hydrogen (secondary N) is 3. The number of carbonyl (C=O) groups excluding carboxylic acids is 3. The van der Waals surface area contributed by atoms with Crippen molar-refractivity contribution in [1.29, 1.82) is 0 Å². The lowest BCUT2D eigenvalue weighted by molar-refractivity contribution is -0.116. The average molecular weight is 510 g/mol. The van der Waals surface area contributed by atoms with Crippen molar-refractivity contribution in [2.24, 2.45) is 0 Å². The molecule has 6 nitrogen and oxygen atoms in total. The summed E-state index contributed by atoms with van der Waals surface area (Å²) in [5, 5.41) is 8.10. The summed E-state index contributed by atoms with van der Waals surface area (Å²) in [4.78, 5) is 38.0. The number of aryl methyl sites for hydroxylation is 1. The zero-order valence-electron chi connectivity index (χ0n) is 20.5. The molecule has 1 atom stereocenters. The number of anilines is 3. The Morgan fingerprint density at radius 2 is 1.19 bits per heavy atom. The molecule has 0 aliphatic carbocycles. The van der Waals surface area contributed by atoms with Crippen molar-refractivity contribution in [2.75, 3.05) is 16.0 Å². The zero-order chi connectivity index (χ0) is 26.2. The molecule has 1 unspecified atom stereocenters. The molecular formula is C30H27N3O3S. The first-order valence-corrected chi connectivity index (χ1v) is 12.6. The molecule has 0 aliphatic heterocycles. The van der Waals surface area contributed by atoms with Crippen molar-refractivity contribution in [3.05, 3.63) is 120 Å². The minimum Gasteiger partial charge on any atom is -0.326 e. The number of thioether (sulfide) groups is 1. The molecule has 0 fully saturated rings. The molecular weight excluding hydrogens is 482 g/mol. The lowest BCUT2D eigenvalue weighted by Crippen LogP contribution is -2.19. The van der Waals surface area contributed by atoms with E-state index in [4.69, 9.17) is 0 Å². The highest BCUT2D eigenvalue weighted by atomic mass is 32.2. The molecule has 0 aliphatic rings. The third-order valence-electron chi connectivity index (χ3n) is 5.49. The van der Waals surface area contributed by atoms with E-state index in [0.29, 0.717) is 22.6 Å². The Bertz CT molecular complexity index is 1370. The summed E-state index contributed by atoms with van der Waals surface area (Å²) in [5.74, 6) is -0.496. The predicted octanol–water partition coefficient (Wildman–Crippen LogP) is 6.68. The van der Waals surface area contributed by atoms with Crippen LogP contribution in [-0.4, -0.2) is 17.7 Å². The van der Waals surface area contributed by atoms with Gasteiger partial charge in [-0.2, -0.15) is 0 Å². The summed E-state index contributed by atoms with van der Waals surface area (Å²) in [7, 11) is 0. The first-order valence-electron chi connectivity index (χ1n) is 11.8. The fourth-order valence-corrected chi connectivity index (χ4v) is 4.63. The molecule has 0 aromatic heterocycles. The molecule has 4 aromatic carbocycles. The van der Waals surface area contributed by atoms with Crippen molar-refractivity contribution in [1.82, 2.24) is 0 Å². The summed E-state index contributed by atoms with van der Waals surface area (Å²) in [6.07, 6.45) is 0. The number of rotatable bonds is 8. The lowest BCUT2D eigenvalue weighted by Gasteiger charge is -2.17. The van der Waals surface area contributed by atoms with Gasteiger partial charge < -0.3 is 16.0 Å². The monoisotopic (exact) mass is 509 g/mol. The fraction of sp³-hybridized carbons (Fsp3) is 0.100. The van der Waals surface area contributed by atoms with Crippen molar-refractivity contribution >= 4 is 46.5 Å². The maximum absolute atomic E-state index is 13.3. The number of hydrogen-bond donors (Lipinski definition) is 3. The van der Waals surface area contributed by atoms with Gasteiger partial charge >= 0.3 is 0 Å². The number of carbonyl (C=O) groups is 3. The van der Waals surface area contributed by atoms with Gasteiger partial charge in [0.2, 0.25) is 11.8 Å². The van der Waals surface area contributed by atoms with Crippen LogP contribution in [0.15, 0.2) is 108 Å². The van der Waals surface area contributed by atoms with E-state index in [0.717, 1.165) is 16.0 Å². The van der Waals surface area contributed by atoms with Crippen LogP contribution in [0.25, 0.3) is 0 Å². The van der Waals surface area contributed by atoms with E-state index in [1.807, 2.05) is 73.7 Å². The van der Waals surface area contributed by atoms with Gasteiger partial charge in [-0.3, -0.25) is 14.4 Å². The van der Waals surface area contributed by atoms with E-state index >= 15 is 0 Å². The van der Waals surface area contributed by atoms with Crippen molar-refractivity contribution in [3.63, 3.8) is 0 Å². The first kappa shape index (κ1) is 25.7. The largest absolute Gasteiger partial charge is 0.326 e. The number of benzene rings is 4. The smallest absolute Gasteiger partial charge is 0.255 e. The van der Waals surface area contributed by atoms with Gasteiger partial charge in [-0.05, 0) is 73.2 Å². The molecule has 3 amide bonds. The highest BCUT2D eigenvalue weighted by Gasteiger charge is 2.22. The van der Waals surface area contributed by atoms with Crippen molar-refractivity contribution in [2.45, 2.75) is 24.0 Å². The summed E-state index contributed by atoms with van der Waals surface area (Å²) in [6.45, 7) is 3.42. The summed E-state index contributed by atoms with van der Waals surface area (Å²) < 4.78 is 0. The van der Waals surface area contributed by atoms with Gasteiger partial charge in [0.25, 0.3) is 5.91 Å². The molecule has 0 radical (unpaired) electrons. The molecule has 0 saturated carbocycles. The Labute approximate surface area is 220 Å². The topological polar surface area (TPSA) is 87.3 Å². The molecule has 7 heteroatoms. The quantitative estimate of drug-likeness (QED) is 0.231. The third kappa shape index (κ3) is 7.32. The van der Waals surface area contributed by atoms with E-state index in [9.17, 15) is 14.4 Å². The van der Waals surface area contributed by atoms with E-state index in [1.54, 1.807) is 36.4 Å². The summed E-state index contributed by atoms with van der Waals surface area (Å²) in [6, 6.07) is 31.4. The van der Waals surface area contributed by atoms with Crippen molar-refractivity contribution < 1.29 is 14.4 Å². The van der Waals surface area contributed by atoms with Gasteiger partial charge in [-0.15, -0.1) is 11.8 Å². The second kappa shape index (κ2) is 12.1. The van der Waals surface area contributed by atoms with E-state index < -0.39 is 5.25 Å². The SMILES string of the molecule is CC(=O)Nc1ccc(NC(=O)C(Sc2ccc(NC(=O)c3ccc(C)cc3)cc2)c2ccccc2)cc1. The van der Waals surface area contributed by atoms with Crippen LogP contribution >= 0.6 is 11.8 Å². The van der Waals surface area contributed by atoms with Crippen LogP contribution in [0.3, 0.4) is 0 Å². The van der Waals surface area contributed by atoms with Gasteiger partial charge in [0.15, 0.2) is 0 Å². The molecule has 0 spiro atoms. The van der Waals surface area contributed by atoms with Crippen LogP contribution in [0.2, 0.25) is 0 Å². The highest BCUT2D eigenvalue weighted by molar-refractivity contribution is 8.00. The standard InChI is InChI=1S/C30H27N3O3S/c1-20-8-10-23(11-9-20)29(35)32-26-16-18-27(19-17-26)37-28(22-6-4-3-5-7-22)30(36)33-25-14-12-24(13-15-25)31-21(2)34/h3-19,28H,1-2H3,(H,31,34)(H,32,35)(H,33,36). The summed E-state index contributed by atoms with van der Waals surface area (Å²) in [5.41, 5.74) is 4.53.